The van der Waals surface area contributed by atoms with Gasteiger partial charge in [0, 0.05) is 25.2 Å². The number of aromatic hydroxyl groups is 2. The van der Waals surface area contributed by atoms with Crippen LogP contribution in [-0.2, 0) is 12.8 Å². The van der Waals surface area contributed by atoms with Crippen LogP contribution in [0.2, 0.25) is 0 Å². The molecule has 0 fully saturated rings. The zero-order valence-electron chi connectivity index (χ0n) is 14.1. The molecule has 0 aromatic heterocycles. The maximum atomic E-state index is 9.36. The molecule has 2 aromatic rings. The van der Waals surface area contributed by atoms with Crippen molar-refractivity contribution < 1.29 is 10.2 Å². The van der Waals surface area contributed by atoms with Gasteiger partial charge in [-0.3, -0.25) is 0 Å². The molecule has 6 N–H and O–H groups in total. The lowest BCUT2D eigenvalue weighted by atomic mass is 10.0. The first-order chi connectivity index (χ1) is 11.6. The van der Waals surface area contributed by atoms with Gasteiger partial charge in [0.15, 0.2) is 0 Å². The lowest BCUT2D eigenvalue weighted by Gasteiger charge is -2.22. The first kappa shape index (κ1) is 18.3. The third kappa shape index (κ3) is 5.85. The highest BCUT2D eigenvalue weighted by Gasteiger charge is 2.12. The van der Waals surface area contributed by atoms with Gasteiger partial charge in [0.25, 0.3) is 0 Å². The molecule has 0 spiro atoms. The quantitative estimate of drug-likeness (QED) is 0.480. The van der Waals surface area contributed by atoms with Crippen molar-refractivity contribution in [1.29, 1.82) is 0 Å². The van der Waals surface area contributed by atoms with Gasteiger partial charge < -0.3 is 26.6 Å². The standard InChI is InChI=1S/C19H27N3O2/c1-21-17(11-15-4-8-19(24)9-5-15)13-22-16(12-20)10-14-2-6-18(23)7-3-14/h2-9,16-17,21-24H,10-13,20H2,1H3/t16-,17-/m0/s1. The fraction of sp³-hybridized carbons (Fsp3) is 0.368. The largest absolute Gasteiger partial charge is 0.508 e. The van der Waals surface area contributed by atoms with Crippen molar-refractivity contribution in [3.05, 3.63) is 59.7 Å². The van der Waals surface area contributed by atoms with Crippen LogP contribution < -0.4 is 16.4 Å². The SMILES string of the molecule is CN[C@H](CN[C@H](CN)Cc1ccc(O)cc1)Cc1ccc(O)cc1. The summed E-state index contributed by atoms with van der Waals surface area (Å²) in [6, 6.07) is 15.0. The normalized spacial score (nSPS) is 13.6. The molecular weight excluding hydrogens is 302 g/mol. The molecule has 0 aliphatic carbocycles. The molecule has 2 rings (SSSR count). The summed E-state index contributed by atoms with van der Waals surface area (Å²) >= 11 is 0. The molecule has 0 unspecified atom stereocenters. The topological polar surface area (TPSA) is 90.5 Å². The van der Waals surface area contributed by atoms with Crippen LogP contribution in [-0.4, -0.2) is 42.4 Å². The number of hydrogen-bond donors (Lipinski definition) is 5. The van der Waals surface area contributed by atoms with Gasteiger partial charge in [-0.1, -0.05) is 24.3 Å². The van der Waals surface area contributed by atoms with E-state index in [2.05, 4.69) is 10.6 Å². The van der Waals surface area contributed by atoms with Crippen LogP contribution in [0, 0.1) is 0 Å². The minimum atomic E-state index is 0.185. The first-order valence-electron chi connectivity index (χ1n) is 8.27. The summed E-state index contributed by atoms with van der Waals surface area (Å²) in [6.45, 7) is 1.36. The Kier molecular flexibility index (Phi) is 7.06. The molecule has 130 valence electrons. The number of benzene rings is 2. The Morgan fingerprint density at radius 1 is 0.833 bits per heavy atom. The highest BCUT2D eigenvalue weighted by molar-refractivity contribution is 5.27. The van der Waals surface area contributed by atoms with E-state index in [9.17, 15) is 10.2 Å². The third-order valence-electron chi connectivity index (χ3n) is 4.18. The summed E-state index contributed by atoms with van der Waals surface area (Å²) in [5.74, 6) is 0.565. The predicted molar refractivity (Wildman–Crippen MR) is 97.3 cm³/mol. The molecule has 0 saturated heterocycles. The van der Waals surface area contributed by atoms with Gasteiger partial charge >= 0.3 is 0 Å². The summed E-state index contributed by atoms with van der Waals surface area (Å²) in [4.78, 5) is 0. The molecule has 0 saturated carbocycles. The molecule has 24 heavy (non-hydrogen) atoms. The minimum absolute atomic E-state index is 0.185. The van der Waals surface area contributed by atoms with Crippen LogP contribution in [0.4, 0.5) is 0 Å². The Morgan fingerprint density at radius 2 is 1.29 bits per heavy atom. The van der Waals surface area contributed by atoms with Crippen molar-refractivity contribution in [2.75, 3.05) is 20.1 Å². The van der Waals surface area contributed by atoms with Gasteiger partial charge in [0.05, 0.1) is 0 Å². The molecule has 0 aliphatic rings. The van der Waals surface area contributed by atoms with Crippen molar-refractivity contribution >= 4 is 0 Å². The van der Waals surface area contributed by atoms with Gasteiger partial charge in [0.1, 0.15) is 11.5 Å². The molecule has 0 bridgehead atoms. The van der Waals surface area contributed by atoms with Crippen molar-refractivity contribution in [3.8, 4) is 11.5 Å². The van der Waals surface area contributed by atoms with Crippen molar-refractivity contribution in [1.82, 2.24) is 10.6 Å². The molecule has 2 atom stereocenters. The molecule has 0 aliphatic heterocycles. The van der Waals surface area contributed by atoms with Gasteiger partial charge in [-0.05, 0) is 55.3 Å². The monoisotopic (exact) mass is 329 g/mol. The second kappa shape index (κ2) is 9.27. The number of phenols is 2. The van der Waals surface area contributed by atoms with Crippen LogP contribution in [0.3, 0.4) is 0 Å². The summed E-state index contributed by atoms with van der Waals surface area (Å²) in [5.41, 5.74) is 8.21. The van der Waals surface area contributed by atoms with E-state index < -0.39 is 0 Å². The summed E-state index contributed by atoms with van der Waals surface area (Å²) in [7, 11) is 1.95. The zero-order valence-corrected chi connectivity index (χ0v) is 14.1. The van der Waals surface area contributed by atoms with E-state index >= 15 is 0 Å². The predicted octanol–water partition coefficient (Wildman–Crippen LogP) is 1.39. The van der Waals surface area contributed by atoms with Crippen LogP contribution in [0.25, 0.3) is 0 Å². The lowest BCUT2D eigenvalue weighted by molar-refractivity contribution is 0.445. The smallest absolute Gasteiger partial charge is 0.115 e. The molecular formula is C19H27N3O2. The Balaban J connectivity index is 1.85. The Bertz CT molecular complexity index is 544. The molecule has 5 heteroatoms. The number of likely N-dealkylation sites (N-methyl/N-ethyl adjacent to an activating group) is 1. The van der Waals surface area contributed by atoms with Gasteiger partial charge in [-0.25, -0.2) is 0 Å². The van der Waals surface area contributed by atoms with Crippen molar-refractivity contribution in [2.45, 2.75) is 24.9 Å². The number of nitrogens with one attached hydrogen (secondary N) is 2. The Morgan fingerprint density at radius 3 is 1.71 bits per heavy atom. The minimum Gasteiger partial charge on any atom is -0.508 e. The van der Waals surface area contributed by atoms with E-state index in [1.165, 1.54) is 5.56 Å². The number of nitrogens with two attached hydrogens (primary N) is 1. The van der Waals surface area contributed by atoms with Crippen LogP contribution in [0.1, 0.15) is 11.1 Å². The molecule has 2 aromatic carbocycles. The second-order valence-corrected chi connectivity index (χ2v) is 6.07. The van der Waals surface area contributed by atoms with E-state index in [0.717, 1.165) is 24.9 Å². The Labute approximate surface area is 143 Å². The summed E-state index contributed by atoms with van der Waals surface area (Å²) < 4.78 is 0. The average molecular weight is 329 g/mol. The van der Waals surface area contributed by atoms with Crippen LogP contribution >= 0.6 is 0 Å². The van der Waals surface area contributed by atoms with E-state index in [4.69, 9.17) is 5.73 Å². The number of hydrogen-bond acceptors (Lipinski definition) is 5. The maximum Gasteiger partial charge on any atom is 0.115 e. The number of rotatable bonds is 9. The fourth-order valence-corrected chi connectivity index (χ4v) is 2.66. The Hall–Kier alpha value is -2.08. The molecule has 0 amide bonds. The molecule has 0 radical (unpaired) electrons. The maximum absolute atomic E-state index is 9.36. The average Bonchev–Trinajstić information content (AvgIpc) is 2.60. The fourth-order valence-electron chi connectivity index (χ4n) is 2.66. The summed E-state index contributed by atoms with van der Waals surface area (Å²) in [6.07, 6.45) is 1.70. The second-order valence-electron chi connectivity index (χ2n) is 6.07. The van der Waals surface area contributed by atoms with E-state index in [-0.39, 0.29) is 23.6 Å². The zero-order chi connectivity index (χ0) is 17.4. The van der Waals surface area contributed by atoms with E-state index in [1.54, 1.807) is 24.3 Å². The molecule has 0 heterocycles. The van der Waals surface area contributed by atoms with Crippen LogP contribution in [0.15, 0.2) is 48.5 Å². The van der Waals surface area contributed by atoms with Gasteiger partial charge in [-0.2, -0.15) is 0 Å². The highest BCUT2D eigenvalue weighted by Crippen LogP contribution is 2.12. The number of phenolic OH excluding ortho intramolecular Hbond substituents is 2. The van der Waals surface area contributed by atoms with Crippen molar-refractivity contribution in [2.24, 2.45) is 5.73 Å². The first-order valence-corrected chi connectivity index (χ1v) is 8.27. The molecule has 5 nitrogen and oxygen atoms in total. The summed E-state index contributed by atoms with van der Waals surface area (Å²) in [5, 5.41) is 25.5. The van der Waals surface area contributed by atoms with Crippen molar-refractivity contribution in [3.63, 3.8) is 0 Å². The van der Waals surface area contributed by atoms with Crippen LogP contribution in [0.5, 0.6) is 11.5 Å². The van der Waals surface area contributed by atoms with E-state index in [0.29, 0.717) is 6.54 Å². The van der Waals surface area contributed by atoms with Gasteiger partial charge in [-0.15, -0.1) is 0 Å². The highest BCUT2D eigenvalue weighted by atomic mass is 16.3. The van der Waals surface area contributed by atoms with Gasteiger partial charge in [0.2, 0.25) is 0 Å². The third-order valence-corrected chi connectivity index (χ3v) is 4.18. The van der Waals surface area contributed by atoms with E-state index in [1.807, 2.05) is 31.3 Å². The lowest BCUT2D eigenvalue weighted by Crippen LogP contribution is -2.46.